The molecular weight excluding hydrogens is 396 g/mol. The van der Waals surface area contributed by atoms with E-state index in [2.05, 4.69) is 20.2 Å². The normalized spacial score (nSPS) is 12.7. The number of nitrogens with zero attached hydrogens (tertiary/aromatic N) is 2. The number of H-pyrrole nitrogens is 1. The largest absolute Gasteiger partial charge is 0.493 e. The van der Waals surface area contributed by atoms with E-state index in [9.17, 15) is 4.79 Å². The molecular formula is C23H26N4O4. The molecule has 2 heterocycles. The Kier molecular flexibility index (Phi) is 5.97. The van der Waals surface area contributed by atoms with Crippen LogP contribution in [0.2, 0.25) is 0 Å². The number of carbonyl (C=O) groups is 1. The molecule has 1 aromatic heterocycles. The van der Waals surface area contributed by atoms with E-state index < -0.39 is 0 Å². The predicted molar refractivity (Wildman–Crippen MR) is 118 cm³/mol. The van der Waals surface area contributed by atoms with Crippen molar-refractivity contribution in [1.82, 2.24) is 15.3 Å². The summed E-state index contributed by atoms with van der Waals surface area (Å²) in [5, 5.41) is 2.99. The Morgan fingerprint density at radius 1 is 1.19 bits per heavy atom. The summed E-state index contributed by atoms with van der Waals surface area (Å²) in [6.07, 6.45) is 4.05. The van der Waals surface area contributed by atoms with E-state index in [1.165, 1.54) is 0 Å². The number of ether oxygens (including phenoxy) is 3. The zero-order valence-corrected chi connectivity index (χ0v) is 17.9. The monoisotopic (exact) mass is 422 g/mol. The summed E-state index contributed by atoms with van der Waals surface area (Å²) in [7, 11) is 5.21. The molecule has 31 heavy (non-hydrogen) atoms. The van der Waals surface area contributed by atoms with Crippen LogP contribution in [0.1, 0.15) is 16.1 Å². The number of rotatable bonds is 7. The first-order chi connectivity index (χ1) is 15.1. The molecule has 8 nitrogen and oxygen atoms in total. The Morgan fingerprint density at radius 3 is 2.77 bits per heavy atom. The molecule has 0 spiro atoms. The molecule has 2 aromatic carbocycles. The molecule has 3 aromatic rings. The number of fused-ring (bicyclic) bond motifs is 1. The molecule has 4 rings (SSSR count). The van der Waals surface area contributed by atoms with Crippen LogP contribution in [-0.4, -0.2) is 56.8 Å². The van der Waals surface area contributed by atoms with E-state index in [-0.39, 0.29) is 5.91 Å². The summed E-state index contributed by atoms with van der Waals surface area (Å²) >= 11 is 0. The maximum Gasteiger partial charge on any atom is 0.255 e. The van der Waals surface area contributed by atoms with Crippen molar-refractivity contribution >= 4 is 11.6 Å². The lowest BCUT2D eigenvalue weighted by atomic mass is 9.99. The average Bonchev–Trinajstić information content (AvgIpc) is 3.31. The zero-order valence-electron chi connectivity index (χ0n) is 17.9. The molecule has 0 atom stereocenters. The number of aromatic nitrogens is 2. The van der Waals surface area contributed by atoms with Crippen LogP contribution in [0.3, 0.4) is 0 Å². The first kappa shape index (κ1) is 20.6. The number of hydrogen-bond donors (Lipinski definition) is 2. The number of aromatic amines is 1. The lowest BCUT2D eigenvalue weighted by Gasteiger charge is -2.30. The van der Waals surface area contributed by atoms with Crippen molar-refractivity contribution in [3.05, 3.63) is 54.1 Å². The predicted octanol–water partition coefficient (Wildman–Crippen LogP) is 2.90. The number of hydrogen-bond acceptors (Lipinski definition) is 6. The SMILES string of the molecule is COc1ccc(-c2cc(C(=O)NCCc3cnc[nH]3)c3c(c2)N(C)CCO3)cc1OC. The molecule has 8 heteroatoms. The molecule has 1 aliphatic heterocycles. The summed E-state index contributed by atoms with van der Waals surface area (Å²) in [4.78, 5) is 22.2. The standard InChI is InChI=1S/C23H26N4O4/c1-27-8-9-31-22-18(23(28)25-7-6-17-13-24-14-26-17)10-16(11-19(22)27)15-4-5-20(29-2)21(12-15)30-3/h4-5,10-14H,6-9H2,1-3H3,(H,24,26)(H,25,28). The second-order valence-corrected chi connectivity index (χ2v) is 7.29. The third-order valence-corrected chi connectivity index (χ3v) is 5.35. The number of imidazole rings is 1. The molecule has 0 fully saturated rings. The van der Waals surface area contributed by atoms with E-state index in [4.69, 9.17) is 14.2 Å². The minimum Gasteiger partial charge on any atom is -0.493 e. The van der Waals surface area contributed by atoms with Gasteiger partial charge in [-0.2, -0.15) is 0 Å². The van der Waals surface area contributed by atoms with Gasteiger partial charge < -0.3 is 29.4 Å². The number of anilines is 1. The minimum absolute atomic E-state index is 0.173. The van der Waals surface area contributed by atoms with Crippen LogP contribution in [0, 0.1) is 0 Å². The number of carbonyl (C=O) groups excluding carboxylic acids is 1. The molecule has 0 radical (unpaired) electrons. The third-order valence-electron chi connectivity index (χ3n) is 5.35. The Hall–Kier alpha value is -3.68. The number of benzene rings is 2. The summed E-state index contributed by atoms with van der Waals surface area (Å²) in [5.74, 6) is 1.72. The Bertz CT molecular complexity index is 1070. The fourth-order valence-corrected chi connectivity index (χ4v) is 3.63. The van der Waals surface area contributed by atoms with Gasteiger partial charge in [0.2, 0.25) is 0 Å². The van der Waals surface area contributed by atoms with Crippen LogP contribution < -0.4 is 24.4 Å². The van der Waals surface area contributed by atoms with Gasteiger partial charge in [-0.15, -0.1) is 0 Å². The lowest BCUT2D eigenvalue weighted by Crippen LogP contribution is -2.32. The highest BCUT2D eigenvalue weighted by Crippen LogP contribution is 2.40. The highest BCUT2D eigenvalue weighted by molar-refractivity contribution is 6.01. The summed E-state index contributed by atoms with van der Waals surface area (Å²) in [5.41, 5.74) is 4.19. The molecule has 1 amide bonds. The van der Waals surface area contributed by atoms with Crippen LogP contribution in [0.4, 0.5) is 5.69 Å². The van der Waals surface area contributed by atoms with Gasteiger partial charge in [0.15, 0.2) is 17.2 Å². The van der Waals surface area contributed by atoms with E-state index in [1.807, 2.05) is 37.4 Å². The van der Waals surface area contributed by atoms with Crippen molar-refractivity contribution in [3.63, 3.8) is 0 Å². The molecule has 2 N–H and O–H groups in total. The van der Waals surface area contributed by atoms with E-state index >= 15 is 0 Å². The van der Waals surface area contributed by atoms with Gasteiger partial charge in [-0.25, -0.2) is 4.98 Å². The average molecular weight is 422 g/mol. The van der Waals surface area contributed by atoms with Gasteiger partial charge in [0.05, 0.1) is 38.3 Å². The number of nitrogens with one attached hydrogen (secondary N) is 2. The van der Waals surface area contributed by atoms with E-state index in [0.717, 1.165) is 29.1 Å². The van der Waals surface area contributed by atoms with Gasteiger partial charge in [0.1, 0.15) is 6.61 Å². The quantitative estimate of drug-likeness (QED) is 0.609. The van der Waals surface area contributed by atoms with Gasteiger partial charge >= 0.3 is 0 Å². The Balaban J connectivity index is 1.67. The molecule has 0 saturated carbocycles. The topological polar surface area (TPSA) is 88.7 Å². The maximum absolute atomic E-state index is 13.1. The first-order valence-corrected chi connectivity index (χ1v) is 10.1. The zero-order chi connectivity index (χ0) is 21.8. The second kappa shape index (κ2) is 8.99. The fraction of sp³-hybridized carbons (Fsp3) is 0.304. The molecule has 1 aliphatic rings. The van der Waals surface area contributed by atoms with Crippen LogP contribution >= 0.6 is 0 Å². The van der Waals surface area contributed by atoms with Gasteiger partial charge in [-0.05, 0) is 35.4 Å². The van der Waals surface area contributed by atoms with Crippen LogP contribution in [0.5, 0.6) is 17.2 Å². The number of amides is 1. The fourth-order valence-electron chi connectivity index (χ4n) is 3.63. The van der Waals surface area contributed by atoms with Crippen molar-refractivity contribution in [2.45, 2.75) is 6.42 Å². The van der Waals surface area contributed by atoms with Crippen molar-refractivity contribution < 1.29 is 19.0 Å². The lowest BCUT2D eigenvalue weighted by molar-refractivity contribution is 0.0950. The second-order valence-electron chi connectivity index (χ2n) is 7.29. The molecule has 162 valence electrons. The highest BCUT2D eigenvalue weighted by Gasteiger charge is 2.24. The molecule has 0 aliphatic carbocycles. The summed E-state index contributed by atoms with van der Waals surface area (Å²) in [6.45, 7) is 1.78. The third kappa shape index (κ3) is 4.28. The molecule has 0 bridgehead atoms. The summed E-state index contributed by atoms with van der Waals surface area (Å²) < 4.78 is 16.7. The Labute approximate surface area is 181 Å². The maximum atomic E-state index is 13.1. The van der Waals surface area contributed by atoms with Crippen LogP contribution in [0.15, 0.2) is 42.9 Å². The smallest absolute Gasteiger partial charge is 0.255 e. The highest BCUT2D eigenvalue weighted by atomic mass is 16.5. The summed E-state index contributed by atoms with van der Waals surface area (Å²) in [6, 6.07) is 9.62. The Morgan fingerprint density at radius 2 is 2.03 bits per heavy atom. The van der Waals surface area contributed by atoms with Crippen LogP contribution in [0.25, 0.3) is 11.1 Å². The minimum atomic E-state index is -0.173. The van der Waals surface area contributed by atoms with Crippen molar-refractivity contribution in [1.29, 1.82) is 0 Å². The van der Waals surface area contributed by atoms with Crippen molar-refractivity contribution in [3.8, 4) is 28.4 Å². The van der Waals surface area contributed by atoms with Crippen LogP contribution in [-0.2, 0) is 6.42 Å². The molecule has 0 saturated heterocycles. The number of methoxy groups -OCH3 is 2. The van der Waals surface area contributed by atoms with Gasteiger partial charge in [0, 0.05) is 31.9 Å². The van der Waals surface area contributed by atoms with Gasteiger partial charge in [0.25, 0.3) is 5.91 Å². The van der Waals surface area contributed by atoms with E-state index in [1.54, 1.807) is 26.7 Å². The van der Waals surface area contributed by atoms with E-state index in [0.29, 0.717) is 42.4 Å². The van der Waals surface area contributed by atoms with Crippen molar-refractivity contribution in [2.24, 2.45) is 0 Å². The molecule has 0 unspecified atom stereocenters. The van der Waals surface area contributed by atoms with Gasteiger partial charge in [-0.3, -0.25) is 4.79 Å². The van der Waals surface area contributed by atoms with Crippen molar-refractivity contribution in [2.75, 3.05) is 45.9 Å². The number of likely N-dealkylation sites (N-methyl/N-ethyl adjacent to an activating group) is 1. The van der Waals surface area contributed by atoms with Gasteiger partial charge in [-0.1, -0.05) is 6.07 Å². The first-order valence-electron chi connectivity index (χ1n) is 10.1.